The van der Waals surface area contributed by atoms with E-state index in [2.05, 4.69) is 0 Å². The number of pyridine rings is 1. The molecule has 110 valence electrons. The lowest BCUT2D eigenvalue weighted by atomic mass is 10.1. The van der Waals surface area contributed by atoms with Gasteiger partial charge in [-0.05, 0) is 12.0 Å². The van der Waals surface area contributed by atoms with Gasteiger partial charge in [0.25, 0.3) is 0 Å². The Morgan fingerprint density at radius 1 is 1.14 bits per heavy atom. The molecule has 0 aliphatic rings. The molecule has 0 fully saturated rings. The molecule has 0 aliphatic heterocycles. The molecule has 0 aliphatic carbocycles. The Labute approximate surface area is 122 Å². The molecule has 2 N–H and O–H groups in total. The molecule has 0 amide bonds. The van der Waals surface area contributed by atoms with Crippen molar-refractivity contribution in [2.24, 2.45) is 0 Å². The molecule has 0 spiro atoms. The fourth-order valence-electron chi connectivity index (χ4n) is 2.19. The lowest BCUT2D eigenvalue weighted by Crippen LogP contribution is -2.14. The van der Waals surface area contributed by atoms with Gasteiger partial charge in [-0.25, -0.2) is 0 Å². The van der Waals surface area contributed by atoms with Crippen LogP contribution in [0.25, 0.3) is 0 Å². The molecule has 0 radical (unpaired) electrons. The Morgan fingerprint density at radius 2 is 1.86 bits per heavy atom. The number of aliphatic carboxylic acids is 1. The van der Waals surface area contributed by atoms with Crippen LogP contribution < -0.4 is 5.43 Å². The van der Waals surface area contributed by atoms with E-state index < -0.39 is 11.4 Å². The summed E-state index contributed by atoms with van der Waals surface area (Å²) in [7, 11) is 0. The first kappa shape index (κ1) is 14.8. The average Bonchev–Trinajstić information content (AvgIpc) is 2.47. The highest BCUT2D eigenvalue weighted by molar-refractivity contribution is 5.66. The number of nitrogens with zero attached hydrogens (tertiary/aromatic N) is 1. The Morgan fingerprint density at radius 3 is 2.52 bits per heavy atom. The maximum absolute atomic E-state index is 11.6. The molecule has 0 saturated heterocycles. The van der Waals surface area contributed by atoms with Gasteiger partial charge in [0.1, 0.15) is 0 Å². The van der Waals surface area contributed by atoms with Gasteiger partial charge in [-0.2, -0.15) is 0 Å². The molecule has 5 nitrogen and oxygen atoms in total. The summed E-state index contributed by atoms with van der Waals surface area (Å²) in [5.74, 6) is -1.12. The monoisotopic (exact) mass is 287 g/mol. The Kier molecular flexibility index (Phi) is 4.77. The topological polar surface area (TPSA) is 79.5 Å². The molecule has 0 bridgehead atoms. The second-order valence-corrected chi connectivity index (χ2v) is 4.83. The lowest BCUT2D eigenvalue weighted by Gasteiger charge is -2.14. The minimum absolute atomic E-state index is 0.0532. The van der Waals surface area contributed by atoms with Crippen molar-refractivity contribution in [2.45, 2.75) is 25.8 Å². The second kappa shape index (κ2) is 6.74. The summed E-state index contributed by atoms with van der Waals surface area (Å²) >= 11 is 0. The fourth-order valence-corrected chi connectivity index (χ4v) is 2.19. The number of benzene rings is 1. The quantitative estimate of drug-likeness (QED) is 0.851. The number of aryl methyl sites for hydroxylation is 1. The van der Waals surface area contributed by atoms with E-state index in [1.807, 2.05) is 30.3 Å². The van der Waals surface area contributed by atoms with E-state index in [0.717, 1.165) is 5.56 Å². The number of carboxylic acids is 1. The van der Waals surface area contributed by atoms with Crippen LogP contribution in [0.1, 0.15) is 24.1 Å². The molecule has 2 rings (SSSR count). The zero-order chi connectivity index (χ0) is 15.2. The molecule has 0 atom stereocenters. The van der Waals surface area contributed by atoms with E-state index in [9.17, 15) is 14.7 Å². The number of aromatic nitrogens is 1. The molecule has 2 aromatic rings. The number of hydrogen-bond donors (Lipinski definition) is 2. The van der Waals surface area contributed by atoms with Crippen molar-refractivity contribution in [3.05, 3.63) is 64.1 Å². The summed E-state index contributed by atoms with van der Waals surface area (Å²) in [5, 5.41) is 18.7. The number of rotatable bonds is 6. The first-order valence-corrected chi connectivity index (χ1v) is 6.75. The van der Waals surface area contributed by atoms with Crippen LogP contribution in [0.2, 0.25) is 0 Å². The third-order valence-corrected chi connectivity index (χ3v) is 3.26. The van der Waals surface area contributed by atoms with E-state index in [4.69, 9.17) is 5.11 Å². The van der Waals surface area contributed by atoms with Crippen molar-refractivity contribution >= 4 is 5.97 Å². The van der Waals surface area contributed by atoms with Gasteiger partial charge in [0.2, 0.25) is 5.43 Å². The molecular weight excluding hydrogens is 270 g/mol. The van der Waals surface area contributed by atoms with Crippen molar-refractivity contribution in [3.63, 3.8) is 0 Å². The number of aromatic hydroxyl groups is 1. The maximum Gasteiger partial charge on any atom is 0.303 e. The molecule has 1 heterocycles. The first-order chi connectivity index (χ1) is 10.1. The lowest BCUT2D eigenvalue weighted by molar-refractivity contribution is -0.137. The van der Waals surface area contributed by atoms with Crippen molar-refractivity contribution in [1.82, 2.24) is 4.57 Å². The van der Waals surface area contributed by atoms with E-state index >= 15 is 0 Å². The Bertz CT molecular complexity index is 676. The van der Waals surface area contributed by atoms with Gasteiger partial charge in [-0.15, -0.1) is 0 Å². The van der Waals surface area contributed by atoms with E-state index in [0.29, 0.717) is 25.1 Å². The summed E-state index contributed by atoms with van der Waals surface area (Å²) < 4.78 is 1.74. The summed E-state index contributed by atoms with van der Waals surface area (Å²) in [6.07, 6.45) is 2.52. The molecule has 21 heavy (non-hydrogen) atoms. The highest BCUT2D eigenvalue weighted by Gasteiger charge is 2.11. The van der Waals surface area contributed by atoms with Crippen molar-refractivity contribution in [2.75, 3.05) is 0 Å². The molecule has 1 aromatic carbocycles. The van der Waals surface area contributed by atoms with Crippen LogP contribution in [0.3, 0.4) is 0 Å². The molecule has 0 saturated carbocycles. The molecule has 5 heteroatoms. The molecular formula is C16H17NO4. The van der Waals surface area contributed by atoms with Gasteiger partial charge in [0.15, 0.2) is 5.75 Å². The summed E-state index contributed by atoms with van der Waals surface area (Å²) in [5.41, 5.74) is 1.07. The average molecular weight is 287 g/mol. The highest BCUT2D eigenvalue weighted by Crippen LogP contribution is 2.17. The van der Waals surface area contributed by atoms with Gasteiger partial charge in [-0.3, -0.25) is 9.59 Å². The van der Waals surface area contributed by atoms with Crippen LogP contribution in [0.4, 0.5) is 0 Å². The SMILES string of the molecule is O=C(O)CCCn1ccc(=O)c(O)c1Cc1ccccc1. The van der Waals surface area contributed by atoms with E-state index in [-0.39, 0.29) is 12.2 Å². The Balaban J connectivity index is 2.26. The zero-order valence-corrected chi connectivity index (χ0v) is 11.5. The molecule has 0 unspecified atom stereocenters. The van der Waals surface area contributed by atoms with Crippen LogP contribution in [-0.4, -0.2) is 20.7 Å². The predicted molar refractivity (Wildman–Crippen MR) is 78.5 cm³/mol. The normalized spacial score (nSPS) is 10.5. The highest BCUT2D eigenvalue weighted by atomic mass is 16.4. The number of carbonyl (C=O) groups is 1. The predicted octanol–water partition coefficient (Wildman–Crippen LogP) is 2.01. The minimum atomic E-state index is -0.857. The third-order valence-electron chi connectivity index (χ3n) is 3.26. The number of hydrogen-bond acceptors (Lipinski definition) is 3. The van der Waals surface area contributed by atoms with Crippen molar-refractivity contribution < 1.29 is 15.0 Å². The summed E-state index contributed by atoms with van der Waals surface area (Å²) in [6.45, 7) is 0.447. The van der Waals surface area contributed by atoms with Gasteiger partial charge in [-0.1, -0.05) is 30.3 Å². The van der Waals surface area contributed by atoms with Crippen LogP contribution in [0.15, 0.2) is 47.4 Å². The molecule has 1 aromatic heterocycles. The van der Waals surface area contributed by atoms with E-state index in [1.54, 1.807) is 10.8 Å². The zero-order valence-electron chi connectivity index (χ0n) is 11.5. The van der Waals surface area contributed by atoms with Crippen LogP contribution in [0, 0.1) is 0 Å². The van der Waals surface area contributed by atoms with E-state index in [1.165, 1.54) is 6.07 Å². The first-order valence-electron chi connectivity index (χ1n) is 6.75. The van der Waals surface area contributed by atoms with Crippen LogP contribution in [0.5, 0.6) is 5.75 Å². The van der Waals surface area contributed by atoms with Crippen LogP contribution >= 0.6 is 0 Å². The van der Waals surface area contributed by atoms with Gasteiger partial charge in [0.05, 0.1) is 5.69 Å². The Hall–Kier alpha value is -2.56. The largest absolute Gasteiger partial charge is 0.503 e. The van der Waals surface area contributed by atoms with Gasteiger partial charge < -0.3 is 14.8 Å². The van der Waals surface area contributed by atoms with Gasteiger partial charge in [0, 0.05) is 31.6 Å². The van der Waals surface area contributed by atoms with Crippen molar-refractivity contribution in [1.29, 1.82) is 0 Å². The van der Waals surface area contributed by atoms with Crippen LogP contribution in [-0.2, 0) is 17.8 Å². The second-order valence-electron chi connectivity index (χ2n) is 4.83. The summed E-state index contributed by atoms with van der Waals surface area (Å²) in [4.78, 5) is 22.2. The van der Waals surface area contributed by atoms with Gasteiger partial charge >= 0.3 is 5.97 Å². The van der Waals surface area contributed by atoms with Crippen molar-refractivity contribution in [3.8, 4) is 5.75 Å². The number of carboxylic acid groups (broad SMARTS) is 1. The fraction of sp³-hybridized carbons (Fsp3) is 0.250. The maximum atomic E-state index is 11.6. The smallest absolute Gasteiger partial charge is 0.303 e. The standard InChI is InChI=1S/C16H17NO4/c18-14-8-10-17(9-4-7-15(19)20)13(16(14)21)11-12-5-2-1-3-6-12/h1-3,5-6,8,10,21H,4,7,9,11H2,(H,19,20). The third kappa shape index (κ3) is 3.95. The minimum Gasteiger partial charge on any atom is -0.503 e. The summed E-state index contributed by atoms with van der Waals surface area (Å²) in [6, 6.07) is 10.8.